The Hall–Kier alpha value is -6.46. The van der Waals surface area contributed by atoms with Gasteiger partial charge in [-0.1, -0.05) is 38.5 Å². The zero-order valence-electron chi connectivity index (χ0n) is 37.9. The maximum absolute atomic E-state index is 14.4. The Kier molecular flexibility index (Phi) is 10.9. The summed E-state index contributed by atoms with van der Waals surface area (Å²) in [5.74, 6) is 0. The van der Waals surface area contributed by atoms with E-state index in [1.807, 2.05) is 0 Å². The number of alkyl carbamates (subject to hydrolysis) is 2. The fraction of sp³-hybridized carbons (Fsp3) is 0.542. The van der Waals surface area contributed by atoms with E-state index < -0.39 is 104 Å². The van der Waals surface area contributed by atoms with Gasteiger partial charge in [-0.2, -0.15) is 0 Å². The van der Waals surface area contributed by atoms with Gasteiger partial charge >= 0.3 is 12.2 Å². The number of benzene rings is 2. The third kappa shape index (κ3) is 7.51. The summed E-state index contributed by atoms with van der Waals surface area (Å²) in [6.07, 6.45) is 5.10. The van der Waals surface area contributed by atoms with Crippen molar-refractivity contribution in [3.05, 3.63) is 107 Å². The lowest BCUT2D eigenvalue weighted by atomic mass is 9.90. The smallest absolute Gasteiger partial charge is 0.407 e. The van der Waals surface area contributed by atoms with Crippen molar-refractivity contribution < 1.29 is 19.1 Å². The topological polar surface area (TPSA) is 233 Å². The predicted octanol–water partition coefficient (Wildman–Crippen LogP) is 4.51. The van der Waals surface area contributed by atoms with Crippen molar-refractivity contribution in [2.75, 3.05) is 0 Å². The van der Waals surface area contributed by atoms with Crippen LogP contribution in [-0.2, 0) is 9.47 Å². The number of nitrogens with zero attached hydrogens (tertiary/aromatic N) is 4. The maximum atomic E-state index is 14.4. The molecule has 0 bridgehead atoms. The summed E-state index contributed by atoms with van der Waals surface area (Å²) >= 11 is 0. The predicted molar refractivity (Wildman–Crippen MR) is 248 cm³/mol. The van der Waals surface area contributed by atoms with Crippen molar-refractivity contribution in [2.24, 2.45) is 0 Å². The van der Waals surface area contributed by atoms with Crippen molar-refractivity contribution in [3.8, 4) is 0 Å². The molecule has 3 aliphatic carbocycles. The van der Waals surface area contributed by atoms with Gasteiger partial charge in [0.15, 0.2) is 0 Å². The Morgan fingerprint density at radius 3 is 0.848 bits per heavy atom. The van der Waals surface area contributed by atoms with Gasteiger partial charge in [0.1, 0.15) is 11.2 Å². The lowest BCUT2D eigenvalue weighted by molar-refractivity contribution is 0.0459. The molecule has 4 heterocycles. The Morgan fingerprint density at radius 2 is 0.606 bits per heavy atom. The van der Waals surface area contributed by atoms with Gasteiger partial charge in [-0.15, -0.1) is 0 Å². The summed E-state index contributed by atoms with van der Waals surface area (Å²) in [4.78, 5) is 139. The monoisotopic (exact) mass is 906 g/mol. The average molecular weight is 907 g/mol. The molecular weight excluding hydrogens is 853 g/mol. The number of aromatic nitrogens is 4. The first kappa shape index (κ1) is 44.7. The van der Waals surface area contributed by atoms with E-state index in [2.05, 4.69) is 10.6 Å². The van der Waals surface area contributed by atoms with E-state index in [9.17, 15) is 47.9 Å². The molecule has 2 aromatic carbocycles. The molecule has 9 rings (SSSR count). The molecular formula is C48H54N6O12. The van der Waals surface area contributed by atoms with Crippen LogP contribution in [0.15, 0.2) is 62.6 Å². The van der Waals surface area contributed by atoms with Gasteiger partial charge in [0.25, 0.3) is 44.5 Å². The van der Waals surface area contributed by atoms with E-state index in [1.54, 1.807) is 41.5 Å². The SMILES string of the molecule is CC(C)(C)OC(=O)N[C@@H]1CCCCC1n1c(=O)c2cc3c(=O)n([C@@H]4CCCC[C@H]4n4c(=O)c5cc6c(=O)n([C@@H]7CCCC[C@H]7NC(=O)OC(C)(C)C)c(=O)c6cc5c4=O)c(=O)c3cc2c1=O. The van der Waals surface area contributed by atoms with Crippen LogP contribution < -0.4 is 55.1 Å². The number of rotatable bonds is 6. The molecule has 2 amide bonds. The molecule has 3 fully saturated rings. The van der Waals surface area contributed by atoms with Crippen molar-refractivity contribution >= 4 is 55.3 Å². The van der Waals surface area contributed by atoms with E-state index in [0.29, 0.717) is 51.4 Å². The first-order valence-electron chi connectivity index (χ1n) is 23.0. The number of nitrogens with one attached hydrogen (secondary N) is 2. The van der Waals surface area contributed by atoms with Gasteiger partial charge in [-0.3, -0.25) is 56.6 Å². The molecule has 348 valence electrons. The van der Waals surface area contributed by atoms with Crippen LogP contribution in [0.25, 0.3) is 43.1 Å². The van der Waals surface area contributed by atoms with Crippen LogP contribution in [0.3, 0.4) is 0 Å². The molecule has 0 radical (unpaired) electrons. The number of amides is 2. The highest BCUT2D eigenvalue weighted by atomic mass is 16.6. The number of hydrogen-bond acceptors (Lipinski definition) is 12. The van der Waals surface area contributed by atoms with E-state index in [4.69, 9.17) is 9.47 Å². The highest BCUT2D eigenvalue weighted by Gasteiger charge is 2.38. The second-order valence-electron chi connectivity index (χ2n) is 20.4. The van der Waals surface area contributed by atoms with E-state index >= 15 is 0 Å². The summed E-state index contributed by atoms with van der Waals surface area (Å²) in [5, 5.41) is 5.15. The summed E-state index contributed by atoms with van der Waals surface area (Å²) in [5.41, 5.74) is -7.06. The molecule has 0 spiro atoms. The van der Waals surface area contributed by atoms with Gasteiger partial charge in [0.2, 0.25) is 0 Å². The second kappa shape index (κ2) is 16.2. The molecule has 18 heteroatoms. The largest absolute Gasteiger partial charge is 0.444 e. The summed E-state index contributed by atoms with van der Waals surface area (Å²) in [7, 11) is 0. The Morgan fingerprint density at radius 1 is 0.394 bits per heavy atom. The zero-order chi connectivity index (χ0) is 47.3. The number of carbonyl (C=O) groups is 2. The van der Waals surface area contributed by atoms with E-state index in [1.165, 1.54) is 24.3 Å². The average Bonchev–Trinajstić information content (AvgIpc) is 3.83. The number of fused-ring (bicyclic) bond motifs is 4. The minimum atomic E-state index is -0.959. The molecule has 3 aliphatic rings. The van der Waals surface area contributed by atoms with E-state index in [-0.39, 0.29) is 55.9 Å². The Balaban J connectivity index is 1.08. The summed E-state index contributed by atoms with van der Waals surface area (Å²) in [6, 6.07) is 0.635. The molecule has 6 aromatic rings. The molecule has 1 unspecified atom stereocenters. The van der Waals surface area contributed by atoms with Crippen LogP contribution in [-0.4, -0.2) is 53.7 Å². The van der Waals surface area contributed by atoms with Gasteiger partial charge in [0.05, 0.1) is 79.3 Å². The van der Waals surface area contributed by atoms with Gasteiger partial charge in [-0.25, -0.2) is 9.59 Å². The van der Waals surface area contributed by atoms with Gasteiger partial charge in [0, 0.05) is 0 Å². The summed E-state index contributed by atoms with van der Waals surface area (Å²) in [6.45, 7) is 10.4. The normalized spacial score (nSPS) is 23.2. The lowest BCUT2D eigenvalue weighted by Gasteiger charge is -2.33. The van der Waals surface area contributed by atoms with E-state index in [0.717, 1.165) is 31.1 Å². The molecule has 0 saturated heterocycles. The third-order valence-corrected chi connectivity index (χ3v) is 13.8. The molecule has 3 saturated carbocycles. The standard InChI is InChI=1S/C48H54N6O12/c1-47(2,3)65-45(63)49-31-13-7-9-15-33(31)51-37(55)23-19-27-28(20-24(23)38(51)56)42(60)53(41(27)59)35-17-11-12-18-36(35)54-43(61)29-21-25-26(22-30(29)44(54)62)40(58)52(39(25)57)34-16-10-8-14-32(34)50-46(64)66-48(4,5)6/h19-22,31-36H,7-18H2,1-6H3,(H,49,63)(H,50,64)/t31-,32-,33-,34?,35-,36-/m1/s1. The Bertz CT molecular complexity index is 3030. The van der Waals surface area contributed by atoms with Crippen LogP contribution in [0.4, 0.5) is 9.59 Å². The molecule has 66 heavy (non-hydrogen) atoms. The van der Waals surface area contributed by atoms with Crippen molar-refractivity contribution in [1.82, 2.24) is 28.9 Å². The van der Waals surface area contributed by atoms with Crippen molar-refractivity contribution in [2.45, 2.75) is 166 Å². The second-order valence-corrected chi connectivity index (χ2v) is 20.4. The molecule has 18 nitrogen and oxygen atoms in total. The minimum absolute atomic E-state index is 0.0436. The molecule has 0 aliphatic heterocycles. The fourth-order valence-corrected chi connectivity index (χ4v) is 11.0. The number of hydrogen-bond donors (Lipinski definition) is 2. The van der Waals surface area contributed by atoms with Crippen molar-refractivity contribution in [3.63, 3.8) is 0 Å². The highest BCUT2D eigenvalue weighted by Crippen LogP contribution is 2.37. The van der Waals surface area contributed by atoms with Crippen LogP contribution >= 0.6 is 0 Å². The first-order chi connectivity index (χ1) is 31.1. The van der Waals surface area contributed by atoms with Crippen LogP contribution in [0.1, 0.15) is 143 Å². The van der Waals surface area contributed by atoms with Crippen molar-refractivity contribution in [1.29, 1.82) is 0 Å². The number of ether oxygens (including phenoxy) is 2. The lowest BCUT2D eigenvalue weighted by Crippen LogP contribution is -2.48. The van der Waals surface area contributed by atoms with Gasteiger partial charge in [-0.05, 0) is 104 Å². The Labute approximate surface area is 375 Å². The third-order valence-electron chi connectivity index (χ3n) is 13.8. The fourth-order valence-electron chi connectivity index (χ4n) is 11.0. The summed E-state index contributed by atoms with van der Waals surface area (Å²) < 4.78 is 15.2. The molecule has 6 atom stereocenters. The highest BCUT2D eigenvalue weighted by molar-refractivity contribution is 5.99. The molecule has 2 N–H and O–H groups in total. The quantitative estimate of drug-likeness (QED) is 0.235. The van der Waals surface area contributed by atoms with Crippen LogP contribution in [0.5, 0.6) is 0 Å². The zero-order valence-corrected chi connectivity index (χ0v) is 37.9. The van der Waals surface area contributed by atoms with Crippen LogP contribution in [0, 0.1) is 0 Å². The van der Waals surface area contributed by atoms with Gasteiger partial charge < -0.3 is 20.1 Å². The minimum Gasteiger partial charge on any atom is -0.444 e. The maximum Gasteiger partial charge on any atom is 0.407 e. The van der Waals surface area contributed by atoms with Crippen LogP contribution in [0.2, 0.25) is 0 Å². The number of carbonyl (C=O) groups excluding carboxylic acids is 2. The first-order valence-corrected chi connectivity index (χ1v) is 23.0. The molecule has 4 aromatic heterocycles.